The first-order valence-corrected chi connectivity index (χ1v) is 10.7. The van der Waals surface area contributed by atoms with Gasteiger partial charge >= 0.3 is 0 Å². The van der Waals surface area contributed by atoms with Gasteiger partial charge < -0.3 is 5.32 Å². The molecule has 1 aliphatic rings. The van der Waals surface area contributed by atoms with E-state index >= 15 is 0 Å². The molecule has 0 radical (unpaired) electrons. The zero-order valence-electron chi connectivity index (χ0n) is 13.5. The van der Waals surface area contributed by atoms with Gasteiger partial charge in [-0.1, -0.05) is 12.1 Å². The second-order valence-electron chi connectivity index (χ2n) is 5.95. The lowest BCUT2D eigenvalue weighted by Gasteiger charge is -2.11. The number of carbonyl (C=O) groups is 1. The minimum Gasteiger partial charge on any atom is -0.355 e. The predicted octanol–water partition coefficient (Wildman–Crippen LogP) is 0.738. The van der Waals surface area contributed by atoms with Crippen molar-refractivity contribution in [2.45, 2.75) is 22.1 Å². The molecule has 1 atom stereocenters. The van der Waals surface area contributed by atoms with E-state index in [1.807, 2.05) is 0 Å². The highest BCUT2D eigenvalue weighted by molar-refractivity contribution is 7.92. The van der Waals surface area contributed by atoms with Crippen LogP contribution < -0.4 is 15.2 Å². The Morgan fingerprint density at radius 2 is 1.50 bits per heavy atom. The van der Waals surface area contributed by atoms with Crippen LogP contribution in [0.4, 0.5) is 5.69 Å². The Balaban J connectivity index is 1.76. The summed E-state index contributed by atoms with van der Waals surface area (Å²) in [6.07, 6.45) is 0.390. The molecule has 0 aliphatic carbocycles. The molecule has 2 aromatic carbocycles. The summed E-state index contributed by atoms with van der Waals surface area (Å²) in [5.41, 5.74) is 1.10. The van der Waals surface area contributed by atoms with Crippen molar-refractivity contribution in [1.82, 2.24) is 5.32 Å². The molecule has 1 unspecified atom stereocenters. The Morgan fingerprint density at radius 1 is 0.923 bits per heavy atom. The van der Waals surface area contributed by atoms with Gasteiger partial charge in [0.1, 0.15) is 0 Å². The molecule has 3 rings (SSSR count). The highest BCUT2D eigenvalue weighted by atomic mass is 32.2. The summed E-state index contributed by atoms with van der Waals surface area (Å²) in [5, 5.41) is 7.75. The Labute approximate surface area is 151 Å². The molecule has 10 heteroatoms. The number of nitrogens with one attached hydrogen (secondary N) is 2. The summed E-state index contributed by atoms with van der Waals surface area (Å²) < 4.78 is 49.7. The van der Waals surface area contributed by atoms with Crippen molar-refractivity contribution < 1.29 is 21.6 Å². The van der Waals surface area contributed by atoms with Crippen LogP contribution in [0.2, 0.25) is 0 Å². The van der Waals surface area contributed by atoms with Crippen molar-refractivity contribution in [2.75, 3.05) is 11.3 Å². The molecule has 138 valence electrons. The Morgan fingerprint density at radius 3 is 2.00 bits per heavy atom. The molecule has 8 nitrogen and oxygen atoms in total. The number of primary sulfonamides is 1. The number of nitrogens with two attached hydrogens (primary N) is 1. The monoisotopic (exact) mass is 395 g/mol. The minimum atomic E-state index is -3.84. The second kappa shape index (κ2) is 6.71. The summed E-state index contributed by atoms with van der Waals surface area (Å²) in [4.78, 5) is 11.2. The maximum absolute atomic E-state index is 12.4. The van der Waals surface area contributed by atoms with E-state index < -0.39 is 20.0 Å². The molecule has 0 bridgehead atoms. The van der Waals surface area contributed by atoms with Gasteiger partial charge in [0.15, 0.2) is 0 Å². The standard InChI is InChI=1S/C16H17N3O5S2/c17-25(21,22)14-7-3-13(4-8-14)19-26(23,24)15-5-1-11(2-6-15)12-9-16(20)18-10-12/h1-8,12,19H,9-10H2,(H,18,20)(H2,17,21,22). The summed E-state index contributed by atoms with van der Waals surface area (Å²) in [6.45, 7) is 0.541. The third-order valence-corrected chi connectivity index (χ3v) is 6.40. The SMILES string of the molecule is NS(=O)(=O)c1ccc(NS(=O)(=O)c2ccc(C3CNC(=O)C3)cc2)cc1. The molecule has 1 amide bonds. The van der Waals surface area contributed by atoms with E-state index in [1.54, 1.807) is 12.1 Å². The van der Waals surface area contributed by atoms with Gasteiger partial charge in [0.2, 0.25) is 15.9 Å². The summed E-state index contributed by atoms with van der Waals surface area (Å²) in [5.74, 6) is 0.0225. The number of sulfonamides is 2. The topological polar surface area (TPSA) is 135 Å². The van der Waals surface area contributed by atoms with Gasteiger partial charge in [-0.25, -0.2) is 22.0 Å². The van der Waals surface area contributed by atoms with Crippen LogP contribution in [-0.4, -0.2) is 29.3 Å². The number of hydrogen-bond acceptors (Lipinski definition) is 5. The minimum absolute atomic E-state index is 0.0173. The number of benzene rings is 2. The lowest BCUT2D eigenvalue weighted by Crippen LogP contribution is -2.15. The van der Waals surface area contributed by atoms with Gasteiger partial charge in [-0.15, -0.1) is 0 Å². The molecule has 2 aromatic rings. The van der Waals surface area contributed by atoms with Crippen molar-refractivity contribution in [3.63, 3.8) is 0 Å². The number of amides is 1. The summed E-state index contributed by atoms with van der Waals surface area (Å²) >= 11 is 0. The average Bonchev–Trinajstić information content (AvgIpc) is 3.01. The number of rotatable bonds is 5. The van der Waals surface area contributed by atoms with Crippen LogP contribution in [0.1, 0.15) is 17.9 Å². The van der Waals surface area contributed by atoms with Gasteiger partial charge in [0.25, 0.3) is 10.0 Å². The first kappa shape index (κ1) is 18.4. The Bertz CT molecular complexity index is 1030. The third-order valence-electron chi connectivity index (χ3n) is 4.07. The predicted molar refractivity (Wildman–Crippen MR) is 95.4 cm³/mol. The quantitative estimate of drug-likeness (QED) is 0.686. The smallest absolute Gasteiger partial charge is 0.261 e. The molecule has 0 spiro atoms. The van der Waals surface area contributed by atoms with Crippen LogP contribution in [0.3, 0.4) is 0 Å². The third kappa shape index (κ3) is 4.03. The molecular formula is C16H17N3O5S2. The average molecular weight is 395 g/mol. The Hall–Kier alpha value is -2.43. The lowest BCUT2D eigenvalue weighted by molar-refractivity contribution is -0.119. The molecule has 1 fully saturated rings. The van der Waals surface area contributed by atoms with E-state index in [1.165, 1.54) is 36.4 Å². The van der Waals surface area contributed by atoms with Crippen LogP contribution in [-0.2, 0) is 24.8 Å². The van der Waals surface area contributed by atoms with Gasteiger partial charge in [0, 0.05) is 24.6 Å². The largest absolute Gasteiger partial charge is 0.355 e. The van der Waals surface area contributed by atoms with Crippen molar-refractivity contribution in [3.05, 3.63) is 54.1 Å². The van der Waals surface area contributed by atoms with Crippen LogP contribution in [0.25, 0.3) is 0 Å². The fourth-order valence-electron chi connectivity index (χ4n) is 2.69. The van der Waals surface area contributed by atoms with Gasteiger partial charge in [-0.2, -0.15) is 0 Å². The lowest BCUT2D eigenvalue weighted by atomic mass is 9.99. The maximum Gasteiger partial charge on any atom is 0.261 e. The summed E-state index contributed by atoms with van der Waals surface area (Å²) in [6, 6.07) is 11.4. The first-order chi connectivity index (χ1) is 12.1. The van der Waals surface area contributed by atoms with Crippen molar-refractivity contribution in [1.29, 1.82) is 0 Å². The van der Waals surface area contributed by atoms with Crippen LogP contribution in [0.5, 0.6) is 0 Å². The van der Waals surface area contributed by atoms with Crippen LogP contribution in [0.15, 0.2) is 58.3 Å². The van der Waals surface area contributed by atoms with E-state index in [-0.39, 0.29) is 27.3 Å². The molecular weight excluding hydrogens is 378 g/mol. The molecule has 0 saturated carbocycles. The zero-order chi connectivity index (χ0) is 18.9. The highest BCUT2D eigenvalue weighted by Crippen LogP contribution is 2.25. The van der Waals surface area contributed by atoms with Crippen molar-refractivity contribution in [3.8, 4) is 0 Å². The van der Waals surface area contributed by atoms with Gasteiger partial charge in [-0.3, -0.25) is 9.52 Å². The maximum atomic E-state index is 12.4. The molecule has 0 aromatic heterocycles. The molecule has 1 heterocycles. The van der Waals surface area contributed by atoms with E-state index in [0.717, 1.165) is 5.56 Å². The van der Waals surface area contributed by atoms with E-state index in [0.29, 0.717) is 13.0 Å². The first-order valence-electron chi connectivity index (χ1n) is 7.67. The van der Waals surface area contributed by atoms with E-state index in [2.05, 4.69) is 10.0 Å². The van der Waals surface area contributed by atoms with Gasteiger partial charge in [0.05, 0.1) is 9.79 Å². The Kier molecular flexibility index (Phi) is 4.74. The van der Waals surface area contributed by atoms with Crippen LogP contribution in [0, 0.1) is 0 Å². The molecule has 1 aliphatic heterocycles. The number of carbonyl (C=O) groups excluding carboxylic acids is 1. The van der Waals surface area contributed by atoms with Crippen molar-refractivity contribution in [2.24, 2.45) is 5.14 Å². The normalized spacial score (nSPS) is 17.7. The number of anilines is 1. The van der Waals surface area contributed by atoms with Gasteiger partial charge in [-0.05, 0) is 42.0 Å². The fraction of sp³-hybridized carbons (Fsp3) is 0.188. The van der Waals surface area contributed by atoms with E-state index in [9.17, 15) is 21.6 Å². The fourth-order valence-corrected chi connectivity index (χ4v) is 4.26. The molecule has 26 heavy (non-hydrogen) atoms. The molecule has 1 saturated heterocycles. The highest BCUT2D eigenvalue weighted by Gasteiger charge is 2.23. The van der Waals surface area contributed by atoms with Crippen LogP contribution >= 0.6 is 0 Å². The van der Waals surface area contributed by atoms with Crippen molar-refractivity contribution >= 4 is 31.6 Å². The van der Waals surface area contributed by atoms with E-state index in [4.69, 9.17) is 5.14 Å². The second-order valence-corrected chi connectivity index (χ2v) is 9.19. The summed E-state index contributed by atoms with van der Waals surface area (Å²) in [7, 11) is -7.66. The number of hydrogen-bond donors (Lipinski definition) is 3. The molecule has 4 N–H and O–H groups in total. The zero-order valence-corrected chi connectivity index (χ0v) is 15.2.